The first-order chi connectivity index (χ1) is 7.81. The van der Waals surface area contributed by atoms with Crippen LogP contribution in [0.2, 0.25) is 0 Å². The van der Waals surface area contributed by atoms with Crippen molar-refractivity contribution in [2.24, 2.45) is 5.41 Å². The van der Waals surface area contributed by atoms with E-state index < -0.39 is 0 Å². The summed E-state index contributed by atoms with van der Waals surface area (Å²) >= 11 is 0. The van der Waals surface area contributed by atoms with Crippen LogP contribution in [0.1, 0.15) is 45.4 Å². The van der Waals surface area contributed by atoms with Crippen molar-refractivity contribution < 1.29 is 26.2 Å². The van der Waals surface area contributed by atoms with Crippen molar-refractivity contribution in [1.82, 2.24) is 0 Å². The van der Waals surface area contributed by atoms with Gasteiger partial charge >= 0.3 is 26.2 Å². The molecule has 0 aliphatic heterocycles. The van der Waals surface area contributed by atoms with Gasteiger partial charge in [-0.05, 0) is 0 Å². The second kappa shape index (κ2) is 11.1. The Hall–Kier alpha value is 0.423. The molecule has 0 aromatic heterocycles. The maximum absolute atomic E-state index is 3.26. The van der Waals surface area contributed by atoms with E-state index in [9.17, 15) is 0 Å². The van der Waals surface area contributed by atoms with E-state index in [1.807, 2.05) is 12.2 Å². The summed E-state index contributed by atoms with van der Waals surface area (Å²) in [6, 6.07) is 0. The fourth-order valence-corrected chi connectivity index (χ4v) is 2.60. The molecule has 0 amide bonds. The van der Waals surface area contributed by atoms with E-state index in [1.165, 1.54) is 25.7 Å². The summed E-state index contributed by atoms with van der Waals surface area (Å²) in [5, 5.41) is 0. The standard InChI is InChI=1S/C11H15.C5H5.2ClH.Zr/c1-11(8-4-5-9-11)10-6-2-3-7-10;1-2-4-5-3-1;;;/h6-7H,2,4-5,8-9H2,1H3;1-3H,4H2;2*1H;/q2*-1;;;+2. The van der Waals surface area contributed by atoms with Crippen LogP contribution in [0.5, 0.6) is 0 Å². The summed E-state index contributed by atoms with van der Waals surface area (Å²) in [4.78, 5) is 0. The molecule has 0 heterocycles. The van der Waals surface area contributed by atoms with Crippen molar-refractivity contribution in [1.29, 1.82) is 0 Å². The van der Waals surface area contributed by atoms with Crippen molar-refractivity contribution in [2.75, 3.05) is 0 Å². The third-order valence-electron chi connectivity index (χ3n) is 3.69. The van der Waals surface area contributed by atoms with Gasteiger partial charge in [0.2, 0.25) is 0 Å². The van der Waals surface area contributed by atoms with Crippen molar-refractivity contribution in [3.8, 4) is 0 Å². The third kappa shape index (κ3) is 6.61. The van der Waals surface area contributed by atoms with Crippen LogP contribution in [-0.4, -0.2) is 0 Å². The summed E-state index contributed by atoms with van der Waals surface area (Å²) in [7, 11) is 0. The molecule has 0 aromatic rings. The minimum atomic E-state index is 0. The van der Waals surface area contributed by atoms with Crippen molar-refractivity contribution in [2.45, 2.75) is 45.4 Å². The minimum absolute atomic E-state index is 0. The van der Waals surface area contributed by atoms with Crippen LogP contribution in [0, 0.1) is 17.6 Å². The zero-order valence-electron chi connectivity index (χ0n) is 11.4. The Morgan fingerprint density at radius 1 is 1.05 bits per heavy atom. The van der Waals surface area contributed by atoms with Gasteiger partial charge in [-0.1, -0.05) is 38.0 Å². The Kier molecular flexibility index (Phi) is 12.7. The number of hydrogen-bond donors (Lipinski definition) is 0. The van der Waals surface area contributed by atoms with Gasteiger partial charge in [0.1, 0.15) is 0 Å². The largest absolute Gasteiger partial charge is 2.00 e. The maximum Gasteiger partial charge on any atom is 2.00 e. The fraction of sp³-hybridized carbons (Fsp3) is 0.500. The first-order valence-corrected chi connectivity index (χ1v) is 6.30. The van der Waals surface area contributed by atoms with Crippen molar-refractivity contribution in [3.05, 3.63) is 48.1 Å². The summed E-state index contributed by atoms with van der Waals surface area (Å²) in [5.74, 6) is 0. The Balaban J connectivity index is 0. The molecule has 0 spiro atoms. The quantitative estimate of drug-likeness (QED) is 0.537. The van der Waals surface area contributed by atoms with E-state index in [1.54, 1.807) is 5.57 Å². The third-order valence-corrected chi connectivity index (χ3v) is 3.69. The summed E-state index contributed by atoms with van der Waals surface area (Å²) in [6.07, 6.45) is 24.5. The number of allylic oxidation sites excluding steroid dienone is 8. The Bertz CT molecular complexity index is 338. The maximum atomic E-state index is 3.26. The molecule has 3 aliphatic carbocycles. The SMILES string of the molecule is CC1(C2=CC[C-]=C2)CCCC1.Cl.Cl.[C-]1=CC=CC1.[Zr+2]. The molecule has 0 nitrogen and oxygen atoms in total. The van der Waals surface area contributed by atoms with Crippen LogP contribution in [0.4, 0.5) is 0 Å². The normalized spacial score (nSPS) is 20.6. The van der Waals surface area contributed by atoms with Crippen LogP contribution in [0.25, 0.3) is 0 Å². The molecule has 0 N–H and O–H groups in total. The molecule has 0 saturated heterocycles. The second-order valence-corrected chi connectivity index (χ2v) is 4.98. The topological polar surface area (TPSA) is 0 Å². The van der Waals surface area contributed by atoms with E-state index in [2.05, 4.69) is 37.3 Å². The molecule has 0 aromatic carbocycles. The predicted octanol–water partition coefficient (Wildman–Crippen LogP) is 5.40. The first kappa shape index (κ1) is 21.7. The van der Waals surface area contributed by atoms with Crippen LogP contribution in [-0.2, 0) is 26.2 Å². The van der Waals surface area contributed by atoms with Gasteiger partial charge in [0.05, 0.1) is 0 Å². The summed E-state index contributed by atoms with van der Waals surface area (Å²) < 4.78 is 0. The first-order valence-electron chi connectivity index (χ1n) is 6.30. The average molecular weight is 376 g/mol. The molecular formula is C16H22Cl2Zr. The van der Waals surface area contributed by atoms with Gasteiger partial charge in [-0.15, -0.1) is 37.7 Å². The van der Waals surface area contributed by atoms with E-state index in [0.29, 0.717) is 5.41 Å². The minimum Gasteiger partial charge on any atom is -0.273 e. The van der Waals surface area contributed by atoms with E-state index >= 15 is 0 Å². The van der Waals surface area contributed by atoms with Crippen molar-refractivity contribution in [3.63, 3.8) is 0 Å². The molecule has 19 heavy (non-hydrogen) atoms. The smallest absolute Gasteiger partial charge is 0.273 e. The Morgan fingerprint density at radius 2 is 1.74 bits per heavy atom. The Morgan fingerprint density at radius 3 is 2.11 bits per heavy atom. The van der Waals surface area contributed by atoms with Gasteiger partial charge in [-0.2, -0.15) is 17.7 Å². The molecule has 3 heteroatoms. The van der Waals surface area contributed by atoms with Gasteiger partial charge in [-0.3, -0.25) is 12.2 Å². The number of hydrogen-bond acceptors (Lipinski definition) is 0. The van der Waals surface area contributed by atoms with Gasteiger partial charge in [-0.25, -0.2) is 18.2 Å². The van der Waals surface area contributed by atoms with E-state index in [-0.39, 0.29) is 51.0 Å². The predicted molar refractivity (Wildman–Crippen MR) is 83.2 cm³/mol. The monoisotopic (exact) mass is 374 g/mol. The number of rotatable bonds is 1. The van der Waals surface area contributed by atoms with E-state index in [4.69, 9.17) is 0 Å². The molecule has 0 radical (unpaired) electrons. The summed E-state index contributed by atoms with van der Waals surface area (Å²) in [5.41, 5.74) is 2.07. The van der Waals surface area contributed by atoms with Crippen LogP contribution < -0.4 is 0 Å². The van der Waals surface area contributed by atoms with E-state index in [0.717, 1.165) is 12.8 Å². The fourth-order valence-electron chi connectivity index (χ4n) is 2.60. The van der Waals surface area contributed by atoms with Crippen LogP contribution in [0.15, 0.2) is 36.0 Å². The molecular weight excluding hydrogens is 354 g/mol. The zero-order valence-corrected chi connectivity index (χ0v) is 15.5. The molecule has 3 rings (SSSR count). The molecule has 1 fully saturated rings. The molecule has 0 unspecified atom stereocenters. The molecule has 1 saturated carbocycles. The molecule has 0 atom stereocenters. The molecule has 0 bridgehead atoms. The Labute approximate surface area is 149 Å². The van der Waals surface area contributed by atoms with Gasteiger partial charge in [0.25, 0.3) is 0 Å². The van der Waals surface area contributed by atoms with Crippen molar-refractivity contribution >= 4 is 24.8 Å². The zero-order chi connectivity index (χ0) is 11.3. The second-order valence-electron chi connectivity index (χ2n) is 4.98. The van der Waals surface area contributed by atoms with Crippen LogP contribution in [0.3, 0.4) is 0 Å². The molecule has 3 aliphatic rings. The van der Waals surface area contributed by atoms with Gasteiger partial charge in [0, 0.05) is 0 Å². The van der Waals surface area contributed by atoms with Gasteiger partial charge in [0.15, 0.2) is 0 Å². The van der Waals surface area contributed by atoms with Crippen LogP contribution >= 0.6 is 24.8 Å². The van der Waals surface area contributed by atoms with Gasteiger partial charge < -0.3 is 0 Å². The number of halogens is 2. The average Bonchev–Trinajstić information content (AvgIpc) is 3.04. The summed E-state index contributed by atoms with van der Waals surface area (Å²) in [6.45, 7) is 2.40. The molecule has 104 valence electrons.